The van der Waals surface area contributed by atoms with Crippen LogP contribution in [0, 0.1) is 10.1 Å². The summed E-state index contributed by atoms with van der Waals surface area (Å²) in [4.78, 5) is 10.2. The van der Waals surface area contributed by atoms with Crippen molar-refractivity contribution in [1.29, 1.82) is 0 Å². The van der Waals surface area contributed by atoms with Gasteiger partial charge in [0, 0.05) is 30.4 Å². The van der Waals surface area contributed by atoms with Gasteiger partial charge in [-0.15, -0.1) is 0 Å². The zero-order valence-electron chi connectivity index (χ0n) is 9.97. The summed E-state index contributed by atoms with van der Waals surface area (Å²) >= 11 is 0. The van der Waals surface area contributed by atoms with Gasteiger partial charge < -0.3 is 15.8 Å². The molecule has 0 aliphatic carbocycles. The molecule has 17 heavy (non-hydrogen) atoms. The van der Waals surface area contributed by atoms with Gasteiger partial charge in [-0.1, -0.05) is 6.92 Å². The summed E-state index contributed by atoms with van der Waals surface area (Å²) in [6, 6.07) is 4.72. The van der Waals surface area contributed by atoms with Crippen molar-refractivity contribution in [2.24, 2.45) is 5.73 Å². The third-order valence-corrected chi connectivity index (χ3v) is 2.47. The molecular weight excluding hydrogens is 222 g/mol. The molecule has 0 saturated heterocycles. The second-order valence-electron chi connectivity index (χ2n) is 3.69. The van der Waals surface area contributed by atoms with Crippen molar-refractivity contribution in [1.82, 2.24) is 0 Å². The van der Waals surface area contributed by atoms with Crippen LogP contribution in [-0.2, 0) is 0 Å². The number of rotatable bonds is 6. The number of nitrogens with zero attached hydrogens (tertiary/aromatic N) is 1. The molecule has 0 spiro atoms. The van der Waals surface area contributed by atoms with Crippen LogP contribution < -0.4 is 15.8 Å². The number of nitrogens with one attached hydrogen (secondary N) is 1. The Hall–Kier alpha value is -1.82. The Bertz CT molecular complexity index is 396. The maximum atomic E-state index is 10.7. The monoisotopic (exact) mass is 239 g/mol. The third kappa shape index (κ3) is 3.60. The van der Waals surface area contributed by atoms with Crippen molar-refractivity contribution in [3.63, 3.8) is 0 Å². The number of benzene rings is 1. The highest BCUT2D eigenvalue weighted by atomic mass is 16.6. The first-order valence-electron chi connectivity index (χ1n) is 5.40. The second kappa shape index (κ2) is 6.05. The highest BCUT2D eigenvalue weighted by Crippen LogP contribution is 2.29. The fourth-order valence-corrected chi connectivity index (χ4v) is 1.33. The molecule has 1 aromatic carbocycles. The van der Waals surface area contributed by atoms with Crippen LogP contribution in [-0.4, -0.2) is 24.6 Å². The molecule has 0 amide bonds. The molecule has 0 heterocycles. The van der Waals surface area contributed by atoms with Crippen LogP contribution in [0.15, 0.2) is 18.2 Å². The van der Waals surface area contributed by atoms with E-state index in [0.717, 1.165) is 12.1 Å². The summed E-state index contributed by atoms with van der Waals surface area (Å²) in [6.45, 7) is 2.63. The van der Waals surface area contributed by atoms with Gasteiger partial charge in [-0.05, 0) is 12.5 Å². The minimum atomic E-state index is -0.472. The lowest BCUT2D eigenvalue weighted by atomic mass is 10.2. The first-order valence-corrected chi connectivity index (χ1v) is 5.40. The lowest BCUT2D eigenvalue weighted by Gasteiger charge is -2.12. The Morgan fingerprint density at radius 1 is 1.59 bits per heavy atom. The first-order chi connectivity index (χ1) is 8.08. The van der Waals surface area contributed by atoms with E-state index in [1.807, 2.05) is 6.92 Å². The summed E-state index contributed by atoms with van der Waals surface area (Å²) in [7, 11) is 1.41. The summed E-state index contributed by atoms with van der Waals surface area (Å²) < 4.78 is 4.97. The zero-order chi connectivity index (χ0) is 12.8. The smallest absolute Gasteiger partial charge is 0.311 e. The van der Waals surface area contributed by atoms with E-state index < -0.39 is 4.92 Å². The van der Waals surface area contributed by atoms with Gasteiger partial charge in [-0.25, -0.2) is 0 Å². The number of hydrogen-bond acceptors (Lipinski definition) is 5. The van der Waals surface area contributed by atoms with Gasteiger partial charge in [0.1, 0.15) is 0 Å². The SMILES string of the molecule is CCC(N)CNc1ccc([N+](=O)[O-])c(OC)c1. The molecule has 1 atom stereocenters. The zero-order valence-corrected chi connectivity index (χ0v) is 9.97. The van der Waals surface area contributed by atoms with Crippen molar-refractivity contribution in [2.45, 2.75) is 19.4 Å². The largest absolute Gasteiger partial charge is 0.490 e. The van der Waals surface area contributed by atoms with Crippen LogP contribution in [0.1, 0.15) is 13.3 Å². The Labute approximate surface area is 99.9 Å². The van der Waals surface area contributed by atoms with Gasteiger partial charge in [0.15, 0.2) is 5.75 Å². The van der Waals surface area contributed by atoms with Crippen LogP contribution in [0.25, 0.3) is 0 Å². The normalized spacial score (nSPS) is 11.9. The van der Waals surface area contributed by atoms with E-state index in [2.05, 4.69) is 5.32 Å². The van der Waals surface area contributed by atoms with Crippen LogP contribution in [0.3, 0.4) is 0 Å². The maximum absolute atomic E-state index is 10.7. The number of ether oxygens (including phenoxy) is 1. The first kappa shape index (κ1) is 13.2. The predicted octanol–water partition coefficient (Wildman–Crippen LogP) is 1.75. The quantitative estimate of drug-likeness (QED) is 0.583. The Kier molecular flexibility index (Phi) is 4.71. The molecule has 6 heteroatoms. The maximum Gasteiger partial charge on any atom is 0.311 e. The lowest BCUT2D eigenvalue weighted by molar-refractivity contribution is -0.385. The number of nitro groups is 1. The molecule has 0 aromatic heterocycles. The van der Waals surface area contributed by atoms with Gasteiger partial charge >= 0.3 is 5.69 Å². The molecule has 1 rings (SSSR count). The summed E-state index contributed by atoms with van der Waals surface area (Å²) in [5, 5.41) is 13.8. The highest BCUT2D eigenvalue weighted by molar-refractivity contribution is 5.57. The van der Waals surface area contributed by atoms with Crippen LogP contribution in [0.4, 0.5) is 11.4 Å². The topological polar surface area (TPSA) is 90.4 Å². The van der Waals surface area contributed by atoms with Crippen LogP contribution in [0.2, 0.25) is 0 Å². The van der Waals surface area contributed by atoms with E-state index >= 15 is 0 Å². The molecule has 0 fully saturated rings. The number of hydrogen-bond donors (Lipinski definition) is 2. The summed E-state index contributed by atoms with van der Waals surface area (Å²) in [6.07, 6.45) is 0.872. The molecular formula is C11H17N3O3. The van der Waals surface area contributed by atoms with E-state index in [-0.39, 0.29) is 17.5 Å². The number of anilines is 1. The van der Waals surface area contributed by atoms with Gasteiger partial charge in [0.05, 0.1) is 12.0 Å². The molecule has 94 valence electrons. The minimum absolute atomic E-state index is 0.0437. The van der Waals surface area contributed by atoms with E-state index in [0.29, 0.717) is 6.54 Å². The van der Waals surface area contributed by atoms with E-state index in [1.54, 1.807) is 12.1 Å². The molecule has 1 aromatic rings. The van der Waals surface area contributed by atoms with Crippen molar-refractivity contribution in [2.75, 3.05) is 19.0 Å². The standard InChI is InChI=1S/C11H17N3O3/c1-3-8(12)7-13-9-4-5-10(14(15)16)11(6-9)17-2/h4-6,8,13H,3,7,12H2,1-2H3. The van der Waals surface area contributed by atoms with Gasteiger partial charge in [-0.2, -0.15) is 0 Å². The van der Waals surface area contributed by atoms with E-state index in [9.17, 15) is 10.1 Å². The van der Waals surface area contributed by atoms with Crippen molar-refractivity contribution < 1.29 is 9.66 Å². The van der Waals surface area contributed by atoms with Gasteiger partial charge in [-0.3, -0.25) is 10.1 Å². The molecule has 3 N–H and O–H groups in total. The van der Waals surface area contributed by atoms with Crippen molar-refractivity contribution in [3.05, 3.63) is 28.3 Å². The molecule has 0 saturated carbocycles. The summed E-state index contributed by atoms with van der Waals surface area (Å²) in [5.41, 5.74) is 6.48. The average molecular weight is 239 g/mol. The fourth-order valence-electron chi connectivity index (χ4n) is 1.33. The summed E-state index contributed by atoms with van der Waals surface area (Å²) in [5.74, 6) is 0.241. The number of nitrogens with two attached hydrogens (primary N) is 1. The van der Waals surface area contributed by atoms with Crippen LogP contribution in [0.5, 0.6) is 5.75 Å². The molecule has 0 aliphatic heterocycles. The Morgan fingerprint density at radius 2 is 2.29 bits per heavy atom. The molecule has 0 bridgehead atoms. The Morgan fingerprint density at radius 3 is 2.82 bits per heavy atom. The molecule has 0 aliphatic rings. The van der Waals surface area contributed by atoms with E-state index in [1.165, 1.54) is 13.2 Å². The number of nitro benzene ring substituents is 1. The number of methoxy groups -OCH3 is 1. The highest BCUT2D eigenvalue weighted by Gasteiger charge is 2.14. The Balaban J connectivity index is 2.79. The lowest BCUT2D eigenvalue weighted by Crippen LogP contribution is -2.27. The molecule has 6 nitrogen and oxygen atoms in total. The predicted molar refractivity (Wildman–Crippen MR) is 66.4 cm³/mol. The van der Waals surface area contributed by atoms with Crippen molar-refractivity contribution >= 4 is 11.4 Å². The fraction of sp³-hybridized carbons (Fsp3) is 0.455. The minimum Gasteiger partial charge on any atom is -0.490 e. The van der Waals surface area contributed by atoms with Crippen molar-refractivity contribution in [3.8, 4) is 5.75 Å². The van der Waals surface area contributed by atoms with Gasteiger partial charge in [0.25, 0.3) is 0 Å². The molecule has 1 unspecified atom stereocenters. The second-order valence-corrected chi connectivity index (χ2v) is 3.69. The van der Waals surface area contributed by atoms with Crippen LogP contribution >= 0.6 is 0 Å². The average Bonchev–Trinajstić information content (AvgIpc) is 2.35. The molecule has 0 radical (unpaired) electrons. The van der Waals surface area contributed by atoms with E-state index in [4.69, 9.17) is 10.5 Å². The third-order valence-electron chi connectivity index (χ3n) is 2.47. The van der Waals surface area contributed by atoms with Gasteiger partial charge in [0.2, 0.25) is 0 Å².